The van der Waals surface area contributed by atoms with E-state index < -0.39 is 0 Å². The van der Waals surface area contributed by atoms with E-state index in [9.17, 15) is 4.79 Å². The van der Waals surface area contributed by atoms with Crippen molar-refractivity contribution in [3.63, 3.8) is 0 Å². The Morgan fingerprint density at radius 3 is 2.43 bits per heavy atom. The number of aryl methyl sites for hydroxylation is 1. The zero-order chi connectivity index (χ0) is 14.9. The maximum absolute atomic E-state index is 12.7. The van der Waals surface area contributed by atoms with Crippen LogP contribution in [-0.4, -0.2) is 23.9 Å². The minimum atomic E-state index is 0.189. The molecule has 2 aliphatic rings. The maximum atomic E-state index is 12.7. The van der Waals surface area contributed by atoms with Gasteiger partial charge in [0.05, 0.1) is 0 Å². The summed E-state index contributed by atoms with van der Waals surface area (Å²) in [7, 11) is 0. The number of carbonyl (C=O) groups excluding carboxylic acids is 1. The van der Waals surface area contributed by atoms with Gasteiger partial charge >= 0.3 is 0 Å². The van der Waals surface area contributed by atoms with Gasteiger partial charge in [0.25, 0.3) is 5.91 Å². The maximum Gasteiger partial charge on any atom is 0.254 e. The third-order valence-electron chi connectivity index (χ3n) is 5.48. The van der Waals surface area contributed by atoms with Crippen LogP contribution < -0.4 is 0 Å². The van der Waals surface area contributed by atoms with Crippen molar-refractivity contribution in [3.05, 3.63) is 29.3 Å². The molecular weight excluding hydrogens is 278 g/mol. The molecule has 0 N–H and O–H groups in total. The van der Waals surface area contributed by atoms with Gasteiger partial charge in [0.2, 0.25) is 0 Å². The Bertz CT molecular complexity index is 524. The van der Waals surface area contributed by atoms with Crippen LogP contribution in [0, 0.1) is 12.3 Å². The highest BCUT2D eigenvalue weighted by atomic mass is 32.1. The van der Waals surface area contributed by atoms with Gasteiger partial charge in [0.1, 0.15) is 0 Å². The quantitative estimate of drug-likeness (QED) is 0.759. The molecule has 1 spiro atoms. The van der Waals surface area contributed by atoms with Crippen molar-refractivity contribution in [2.75, 3.05) is 13.1 Å². The third-order valence-corrected chi connectivity index (χ3v) is 5.76. The lowest BCUT2D eigenvalue weighted by Gasteiger charge is -2.44. The number of carbonyl (C=O) groups is 1. The summed E-state index contributed by atoms with van der Waals surface area (Å²) in [5, 5.41) is 0. The lowest BCUT2D eigenvalue weighted by Crippen LogP contribution is -2.44. The molecule has 0 aromatic heterocycles. The molecule has 0 radical (unpaired) electrons. The Balaban J connectivity index is 1.69. The average molecular weight is 303 g/mol. The van der Waals surface area contributed by atoms with Crippen LogP contribution in [0.1, 0.15) is 60.9 Å². The third kappa shape index (κ3) is 3.13. The molecule has 21 heavy (non-hydrogen) atoms. The number of nitrogens with zero attached hydrogens (tertiary/aromatic N) is 1. The first-order chi connectivity index (χ1) is 10.1. The molecule has 1 aliphatic carbocycles. The first-order valence-corrected chi connectivity index (χ1v) is 8.63. The number of hydrogen-bond donors (Lipinski definition) is 1. The smallest absolute Gasteiger partial charge is 0.254 e. The number of benzene rings is 1. The molecule has 2 nitrogen and oxygen atoms in total. The standard InChI is InChI=1S/C18H25NOS/c1-14-5-6-15(21)13-16(14)17(20)19-11-9-18(10-12-19)7-3-2-4-8-18/h5-6,13,21H,2-4,7-12H2,1H3. The fraction of sp³-hybridized carbons (Fsp3) is 0.611. The van der Waals surface area contributed by atoms with E-state index in [0.29, 0.717) is 5.41 Å². The van der Waals surface area contributed by atoms with Crippen molar-refractivity contribution in [2.45, 2.75) is 56.8 Å². The van der Waals surface area contributed by atoms with E-state index in [4.69, 9.17) is 0 Å². The first-order valence-electron chi connectivity index (χ1n) is 8.19. The molecule has 1 aromatic carbocycles. The van der Waals surface area contributed by atoms with Gasteiger partial charge in [-0.3, -0.25) is 4.79 Å². The molecule has 1 aliphatic heterocycles. The average Bonchev–Trinajstić information content (AvgIpc) is 2.51. The normalized spacial score (nSPS) is 21.5. The van der Waals surface area contributed by atoms with Crippen molar-refractivity contribution in [3.8, 4) is 0 Å². The van der Waals surface area contributed by atoms with E-state index in [2.05, 4.69) is 17.5 Å². The topological polar surface area (TPSA) is 20.3 Å². The van der Waals surface area contributed by atoms with Gasteiger partial charge < -0.3 is 4.90 Å². The van der Waals surface area contributed by atoms with Gasteiger partial charge in [-0.1, -0.05) is 25.3 Å². The highest BCUT2D eigenvalue weighted by Gasteiger charge is 2.36. The molecule has 1 amide bonds. The summed E-state index contributed by atoms with van der Waals surface area (Å²) in [4.78, 5) is 15.7. The van der Waals surface area contributed by atoms with Crippen molar-refractivity contribution in [1.82, 2.24) is 4.90 Å². The SMILES string of the molecule is Cc1ccc(S)cc1C(=O)N1CCC2(CCCCC2)CC1. The molecule has 114 valence electrons. The number of thiol groups is 1. The lowest BCUT2D eigenvalue weighted by molar-refractivity contribution is 0.0471. The summed E-state index contributed by atoms with van der Waals surface area (Å²) in [6.07, 6.45) is 9.30. The molecule has 1 saturated carbocycles. The van der Waals surface area contributed by atoms with E-state index in [1.165, 1.54) is 44.9 Å². The molecule has 2 fully saturated rings. The summed E-state index contributed by atoms with van der Waals surface area (Å²) >= 11 is 4.37. The van der Waals surface area contributed by atoms with E-state index in [0.717, 1.165) is 29.1 Å². The van der Waals surface area contributed by atoms with Crippen molar-refractivity contribution < 1.29 is 4.79 Å². The molecule has 3 rings (SSSR count). The molecule has 0 bridgehead atoms. The largest absolute Gasteiger partial charge is 0.339 e. The van der Waals surface area contributed by atoms with E-state index in [1.807, 2.05) is 25.1 Å². The number of piperidine rings is 1. The molecule has 0 atom stereocenters. The molecule has 1 aromatic rings. The van der Waals surface area contributed by atoms with Crippen LogP contribution in [0.2, 0.25) is 0 Å². The Morgan fingerprint density at radius 2 is 1.76 bits per heavy atom. The fourth-order valence-corrected chi connectivity index (χ4v) is 4.20. The first kappa shape index (κ1) is 15.0. The molecule has 1 saturated heterocycles. The van der Waals surface area contributed by atoms with Crippen LogP contribution in [0.4, 0.5) is 0 Å². The second kappa shape index (κ2) is 6.04. The highest BCUT2D eigenvalue weighted by molar-refractivity contribution is 7.80. The van der Waals surface area contributed by atoms with Gasteiger partial charge in [0.15, 0.2) is 0 Å². The van der Waals surface area contributed by atoms with Gasteiger partial charge in [-0.15, -0.1) is 12.6 Å². The molecular formula is C18H25NOS. The van der Waals surface area contributed by atoms with Crippen LogP contribution in [0.3, 0.4) is 0 Å². The minimum absolute atomic E-state index is 0.189. The summed E-state index contributed by atoms with van der Waals surface area (Å²) in [5.74, 6) is 0.189. The second-order valence-electron chi connectivity index (χ2n) is 6.85. The minimum Gasteiger partial charge on any atom is -0.339 e. The predicted octanol–water partition coefficient (Wildman–Crippen LogP) is 4.47. The van der Waals surface area contributed by atoms with Crippen LogP contribution in [0.25, 0.3) is 0 Å². The van der Waals surface area contributed by atoms with Crippen LogP contribution in [0.5, 0.6) is 0 Å². The number of hydrogen-bond acceptors (Lipinski definition) is 2. The molecule has 3 heteroatoms. The highest BCUT2D eigenvalue weighted by Crippen LogP contribution is 2.44. The fourth-order valence-electron chi connectivity index (χ4n) is 4.00. The predicted molar refractivity (Wildman–Crippen MR) is 89.1 cm³/mol. The summed E-state index contributed by atoms with van der Waals surface area (Å²) in [6.45, 7) is 3.86. The van der Waals surface area contributed by atoms with Crippen LogP contribution >= 0.6 is 12.6 Å². The van der Waals surface area contributed by atoms with E-state index in [-0.39, 0.29) is 5.91 Å². The molecule has 1 heterocycles. The monoisotopic (exact) mass is 303 g/mol. The Kier molecular flexibility index (Phi) is 4.30. The van der Waals surface area contributed by atoms with Gasteiger partial charge in [0, 0.05) is 23.5 Å². The van der Waals surface area contributed by atoms with Crippen LogP contribution in [0.15, 0.2) is 23.1 Å². The Labute approximate surface area is 133 Å². The van der Waals surface area contributed by atoms with E-state index in [1.54, 1.807) is 0 Å². The number of rotatable bonds is 1. The van der Waals surface area contributed by atoms with Gasteiger partial charge in [-0.2, -0.15) is 0 Å². The Morgan fingerprint density at radius 1 is 1.10 bits per heavy atom. The number of amides is 1. The van der Waals surface area contributed by atoms with Crippen molar-refractivity contribution >= 4 is 18.5 Å². The van der Waals surface area contributed by atoms with Crippen LogP contribution in [-0.2, 0) is 0 Å². The lowest BCUT2D eigenvalue weighted by atomic mass is 9.68. The second-order valence-corrected chi connectivity index (χ2v) is 7.37. The Hall–Kier alpha value is -0.960. The summed E-state index contributed by atoms with van der Waals surface area (Å²) < 4.78 is 0. The van der Waals surface area contributed by atoms with Gasteiger partial charge in [-0.05, 0) is 55.7 Å². The zero-order valence-corrected chi connectivity index (χ0v) is 13.8. The number of likely N-dealkylation sites (tertiary alicyclic amines) is 1. The van der Waals surface area contributed by atoms with Crippen molar-refractivity contribution in [1.29, 1.82) is 0 Å². The summed E-state index contributed by atoms with van der Waals surface area (Å²) in [6, 6.07) is 5.84. The van der Waals surface area contributed by atoms with E-state index >= 15 is 0 Å². The molecule has 0 unspecified atom stereocenters. The zero-order valence-electron chi connectivity index (χ0n) is 12.9. The van der Waals surface area contributed by atoms with Gasteiger partial charge in [-0.25, -0.2) is 0 Å². The summed E-state index contributed by atoms with van der Waals surface area (Å²) in [5.41, 5.74) is 2.42. The van der Waals surface area contributed by atoms with Crippen molar-refractivity contribution in [2.24, 2.45) is 5.41 Å².